The molecule has 0 bridgehead atoms. The highest BCUT2D eigenvalue weighted by Crippen LogP contribution is 2.45. The molecule has 0 aromatic carbocycles. The van der Waals surface area contributed by atoms with E-state index in [9.17, 15) is 43.2 Å². The van der Waals surface area contributed by atoms with E-state index < -0.39 is 97.5 Å². The summed E-state index contributed by atoms with van der Waals surface area (Å²) in [6.07, 6.45) is 54.4. The van der Waals surface area contributed by atoms with Crippen LogP contribution in [0.5, 0.6) is 0 Å². The number of esters is 4. The van der Waals surface area contributed by atoms with Crippen molar-refractivity contribution in [3.8, 4) is 0 Å². The van der Waals surface area contributed by atoms with Crippen molar-refractivity contribution in [1.82, 2.24) is 0 Å². The molecular formula is C79H154O17P2. The van der Waals surface area contributed by atoms with Gasteiger partial charge in [0.15, 0.2) is 12.2 Å². The normalized spacial score (nSPS) is 14.3. The summed E-state index contributed by atoms with van der Waals surface area (Å²) in [5.74, 6) is 0.926. The summed E-state index contributed by atoms with van der Waals surface area (Å²) in [6.45, 7) is 14.2. The summed E-state index contributed by atoms with van der Waals surface area (Å²) in [6, 6.07) is 0. The van der Waals surface area contributed by atoms with Crippen LogP contribution < -0.4 is 0 Å². The molecule has 4 unspecified atom stereocenters. The predicted octanol–water partition coefficient (Wildman–Crippen LogP) is 23.2. The zero-order valence-electron chi connectivity index (χ0n) is 64.4. The maximum Gasteiger partial charge on any atom is 0.472 e. The Kier molecular flexibility index (Phi) is 66.8. The Morgan fingerprint density at radius 3 is 0.724 bits per heavy atom. The number of hydrogen-bond acceptors (Lipinski definition) is 15. The fraction of sp³-hybridized carbons (Fsp3) is 0.949. The van der Waals surface area contributed by atoms with Crippen molar-refractivity contribution in [3.63, 3.8) is 0 Å². The Bertz CT molecular complexity index is 1920. The molecule has 0 aliphatic rings. The molecule has 98 heavy (non-hydrogen) atoms. The average Bonchev–Trinajstić information content (AvgIpc) is 1.22. The fourth-order valence-corrected chi connectivity index (χ4v) is 13.6. The number of rotatable bonds is 76. The maximum absolute atomic E-state index is 13.1. The number of phosphoric ester groups is 2. The molecule has 0 saturated carbocycles. The van der Waals surface area contributed by atoms with Crippen LogP contribution in [0.4, 0.5) is 0 Å². The van der Waals surface area contributed by atoms with Gasteiger partial charge in [0.05, 0.1) is 26.4 Å². The number of aliphatic hydroxyl groups excluding tert-OH is 1. The Morgan fingerprint density at radius 2 is 0.490 bits per heavy atom. The van der Waals surface area contributed by atoms with Crippen molar-refractivity contribution in [2.45, 2.75) is 420 Å². The van der Waals surface area contributed by atoms with Crippen LogP contribution in [0.25, 0.3) is 0 Å². The van der Waals surface area contributed by atoms with Gasteiger partial charge >= 0.3 is 39.5 Å². The van der Waals surface area contributed by atoms with Gasteiger partial charge in [-0.1, -0.05) is 351 Å². The highest BCUT2D eigenvalue weighted by Gasteiger charge is 2.30. The predicted molar refractivity (Wildman–Crippen MR) is 400 cm³/mol. The molecule has 3 N–H and O–H groups in total. The van der Waals surface area contributed by atoms with Crippen LogP contribution in [0.15, 0.2) is 0 Å². The van der Waals surface area contributed by atoms with E-state index in [-0.39, 0.29) is 25.7 Å². The second-order valence-corrected chi connectivity index (χ2v) is 33.0. The van der Waals surface area contributed by atoms with Crippen molar-refractivity contribution in [1.29, 1.82) is 0 Å². The molecule has 6 atom stereocenters. The molecule has 19 heteroatoms. The Hall–Kier alpha value is -1.94. The quantitative estimate of drug-likeness (QED) is 0.0222. The van der Waals surface area contributed by atoms with Gasteiger partial charge in [-0.15, -0.1) is 0 Å². The van der Waals surface area contributed by atoms with Crippen LogP contribution in [-0.4, -0.2) is 96.7 Å². The molecule has 0 radical (unpaired) electrons. The monoisotopic (exact) mass is 1440 g/mol. The number of ether oxygens (including phenoxy) is 4. The molecule has 582 valence electrons. The number of unbranched alkanes of at least 4 members (excludes halogenated alkanes) is 41. The van der Waals surface area contributed by atoms with Crippen molar-refractivity contribution in [2.24, 2.45) is 23.7 Å². The molecule has 0 aliphatic carbocycles. The van der Waals surface area contributed by atoms with Crippen LogP contribution in [0.3, 0.4) is 0 Å². The van der Waals surface area contributed by atoms with Crippen LogP contribution >= 0.6 is 15.6 Å². The van der Waals surface area contributed by atoms with Gasteiger partial charge in [-0.3, -0.25) is 37.3 Å². The van der Waals surface area contributed by atoms with Gasteiger partial charge in [-0.2, -0.15) is 0 Å². The van der Waals surface area contributed by atoms with Gasteiger partial charge in [-0.05, 0) is 49.4 Å². The molecule has 0 rings (SSSR count). The lowest BCUT2D eigenvalue weighted by Crippen LogP contribution is -2.30. The van der Waals surface area contributed by atoms with Crippen LogP contribution in [0, 0.1) is 23.7 Å². The molecule has 0 amide bonds. The van der Waals surface area contributed by atoms with E-state index in [0.717, 1.165) is 114 Å². The highest BCUT2D eigenvalue weighted by atomic mass is 31.2. The van der Waals surface area contributed by atoms with E-state index in [1.165, 1.54) is 199 Å². The minimum absolute atomic E-state index is 0.103. The molecule has 0 saturated heterocycles. The average molecular weight is 1440 g/mol. The van der Waals surface area contributed by atoms with Crippen molar-refractivity contribution in [3.05, 3.63) is 0 Å². The summed E-state index contributed by atoms with van der Waals surface area (Å²) in [4.78, 5) is 72.9. The third-order valence-corrected chi connectivity index (χ3v) is 20.6. The van der Waals surface area contributed by atoms with Gasteiger partial charge in [0.25, 0.3) is 0 Å². The molecule has 0 heterocycles. The van der Waals surface area contributed by atoms with E-state index in [1.807, 2.05) is 0 Å². The van der Waals surface area contributed by atoms with Crippen molar-refractivity contribution >= 4 is 39.5 Å². The molecule has 0 aromatic heterocycles. The Balaban J connectivity index is 5.16. The van der Waals surface area contributed by atoms with Crippen LogP contribution in [-0.2, 0) is 65.4 Å². The van der Waals surface area contributed by atoms with E-state index in [2.05, 4.69) is 55.4 Å². The third-order valence-electron chi connectivity index (χ3n) is 18.7. The summed E-state index contributed by atoms with van der Waals surface area (Å²) >= 11 is 0. The zero-order chi connectivity index (χ0) is 72.4. The van der Waals surface area contributed by atoms with Crippen molar-refractivity contribution in [2.75, 3.05) is 39.6 Å². The molecule has 0 fully saturated rings. The van der Waals surface area contributed by atoms with E-state index in [0.29, 0.717) is 31.6 Å². The van der Waals surface area contributed by atoms with Gasteiger partial charge in [-0.25, -0.2) is 9.13 Å². The first-order valence-corrected chi connectivity index (χ1v) is 43.7. The van der Waals surface area contributed by atoms with Crippen molar-refractivity contribution < 1.29 is 80.2 Å². The third kappa shape index (κ3) is 71.1. The van der Waals surface area contributed by atoms with Crippen LogP contribution in [0.1, 0.15) is 402 Å². The van der Waals surface area contributed by atoms with E-state index in [4.69, 9.17) is 37.0 Å². The highest BCUT2D eigenvalue weighted by molar-refractivity contribution is 7.47. The Morgan fingerprint density at radius 1 is 0.286 bits per heavy atom. The first-order valence-electron chi connectivity index (χ1n) is 40.7. The zero-order valence-corrected chi connectivity index (χ0v) is 66.2. The minimum Gasteiger partial charge on any atom is -0.462 e. The summed E-state index contributed by atoms with van der Waals surface area (Å²) in [7, 11) is -9.92. The lowest BCUT2D eigenvalue weighted by molar-refractivity contribution is -0.161. The smallest absolute Gasteiger partial charge is 0.462 e. The Labute approximate surface area is 600 Å². The minimum atomic E-state index is -4.96. The molecule has 0 spiro atoms. The first-order chi connectivity index (χ1) is 47.1. The number of carbonyl (C=O) groups is 4. The fourth-order valence-electron chi connectivity index (χ4n) is 12.0. The van der Waals surface area contributed by atoms with Gasteiger partial charge in [0.1, 0.15) is 19.3 Å². The van der Waals surface area contributed by atoms with Gasteiger partial charge in [0.2, 0.25) is 0 Å². The lowest BCUT2D eigenvalue weighted by atomic mass is 10.00. The number of carbonyl (C=O) groups excluding carboxylic acids is 4. The maximum atomic E-state index is 13.1. The van der Waals surface area contributed by atoms with Gasteiger partial charge in [0, 0.05) is 25.7 Å². The second-order valence-electron chi connectivity index (χ2n) is 30.1. The lowest BCUT2D eigenvalue weighted by Gasteiger charge is -2.21. The standard InChI is InChI=1S/C79H154O17P2/c1-9-72(8)58-50-42-37-38-46-54-62-79(84)96-75(66-89-76(81)59-51-43-34-28-24-20-16-12-10-14-18-22-26-31-39-47-55-69(2)3)68-94-98(87,88)92-64-73(80)63-91-97(85,86)93-67-74(65-90-77(82)60-52-44-36-30-33-41-49-57-71(6)7)95-78(83)61-53-45-35-29-25-21-17-13-11-15-19-23-27-32-40-48-56-70(4)5/h69-75,80H,9-68H2,1-8H3,(H,85,86)(H,87,88)/t72?,73?,74-,75-/m1/s1. The summed E-state index contributed by atoms with van der Waals surface area (Å²) in [5, 5.41) is 10.6. The van der Waals surface area contributed by atoms with Crippen LogP contribution in [0.2, 0.25) is 0 Å². The number of aliphatic hydroxyl groups is 1. The van der Waals surface area contributed by atoms with E-state index in [1.54, 1.807) is 0 Å². The largest absolute Gasteiger partial charge is 0.472 e. The molecule has 17 nitrogen and oxygen atoms in total. The first kappa shape index (κ1) is 96.1. The SMILES string of the molecule is CCC(C)CCCCCCCCC(=O)O[C@H](COC(=O)CCCCCCCCCCCCCCCCCCC(C)C)COP(=O)(O)OCC(O)COP(=O)(O)OC[C@@H](COC(=O)CCCCCCCCCC(C)C)OC(=O)CCCCCCCCCCCCCCCCCCC(C)C. The molecule has 0 aromatic rings. The topological polar surface area (TPSA) is 237 Å². The number of hydrogen-bond donors (Lipinski definition) is 3. The molecule has 0 aliphatic heterocycles. The summed E-state index contributed by atoms with van der Waals surface area (Å²) < 4.78 is 68.6. The molecular weight excluding hydrogens is 1280 g/mol. The van der Waals surface area contributed by atoms with E-state index >= 15 is 0 Å². The number of phosphoric acid groups is 2. The second kappa shape index (κ2) is 68.2. The van der Waals surface area contributed by atoms with Gasteiger partial charge < -0.3 is 33.8 Å². The summed E-state index contributed by atoms with van der Waals surface area (Å²) in [5.41, 5.74) is 0.